The Hall–Kier alpha value is -2.17. The molecule has 4 aliphatic carbocycles. The molecule has 0 spiro atoms. The molecule has 4 fully saturated rings. The maximum Gasteiger partial charge on any atom is 0.343 e. The van der Waals surface area contributed by atoms with Crippen molar-refractivity contribution >= 4 is 5.97 Å². The molecule has 1 N–H and O–H groups in total. The summed E-state index contributed by atoms with van der Waals surface area (Å²) in [4.78, 5) is 12.7. The number of rotatable bonds is 4. The van der Waals surface area contributed by atoms with Crippen LogP contribution in [-0.4, -0.2) is 28.9 Å². The van der Waals surface area contributed by atoms with Gasteiger partial charge in [0.1, 0.15) is 5.75 Å². The Labute approximate surface area is 214 Å². The molecule has 36 heavy (non-hydrogen) atoms. The number of epoxide rings is 1. The third kappa shape index (κ3) is 3.29. The van der Waals surface area contributed by atoms with E-state index in [1.807, 2.05) is 24.3 Å². The molecule has 5 aliphatic rings. The van der Waals surface area contributed by atoms with Crippen molar-refractivity contribution in [2.75, 3.05) is 0 Å². The third-order valence-electron chi connectivity index (χ3n) is 11.1. The molecule has 1 aliphatic heterocycles. The van der Waals surface area contributed by atoms with E-state index in [9.17, 15) is 9.90 Å². The highest BCUT2D eigenvalue weighted by Crippen LogP contribution is 2.71. The lowest BCUT2D eigenvalue weighted by Crippen LogP contribution is -2.55. The van der Waals surface area contributed by atoms with Gasteiger partial charge in [-0.05, 0) is 103 Å². The minimum Gasteiger partial charge on any atom is -0.423 e. The van der Waals surface area contributed by atoms with Crippen molar-refractivity contribution in [3.8, 4) is 5.75 Å². The molecule has 0 amide bonds. The topological polar surface area (TPSA) is 59.1 Å². The first-order valence-corrected chi connectivity index (χ1v) is 14.2. The van der Waals surface area contributed by atoms with E-state index >= 15 is 0 Å². The predicted molar refractivity (Wildman–Crippen MR) is 138 cm³/mol. The van der Waals surface area contributed by atoms with E-state index in [1.165, 1.54) is 24.0 Å². The second kappa shape index (κ2) is 8.16. The van der Waals surface area contributed by atoms with Gasteiger partial charge in [-0.15, -0.1) is 0 Å². The minimum absolute atomic E-state index is 0.00952. The molecule has 9 atom stereocenters. The van der Waals surface area contributed by atoms with Crippen molar-refractivity contribution < 1.29 is 19.4 Å². The van der Waals surface area contributed by atoms with Crippen LogP contribution in [0.5, 0.6) is 5.75 Å². The number of benzene rings is 2. The van der Waals surface area contributed by atoms with Crippen LogP contribution in [0.4, 0.5) is 0 Å². The van der Waals surface area contributed by atoms with Crippen molar-refractivity contribution in [1.82, 2.24) is 0 Å². The van der Waals surface area contributed by atoms with Gasteiger partial charge in [0.2, 0.25) is 0 Å². The van der Waals surface area contributed by atoms with Gasteiger partial charge in [0, 0.05) is 6.42 Å². The van der Waals surface area contributed by atoms with Crippen LogP contribution in [0.15, 0.2) is 48.5 Å². The summed E-state index contributed by atoms with van der Waals surface area (Å²) in [6.45, 7) is 4.72. The van der Waals surface area contributed by atoms with Gasteiger partial charge in [-0.2, -0.15) is 0 Å². The summed E-state index contributed by atoms with van der Waals surface area (Å²) >= 11 is 0. The number of hydrogen-bond donors (Lipinski definition) is 1. The fraction of sp³-hybridized carbons (Fsp3) is 0.594. The second-order valence-corrected chi connectivity index (χ2v) is 12.6. The highest BCUT2D eigenvalue weighted by atomic mass is 16.6. The quantitative estimate of drug-likeness (QED) is 0.313. The fourth-order valence-electron chi connectivity index (χ4n) is 9.33. The van der Waals surface area contributed by atoms with E-state index in [2.05, 4.69) is 26.0 Å². The number of aliphatic hydroxyl groups is 1. The number of carbonyl (C=O) groups is 1. The molecule has 1 heterocycles. The van der Waals surface area contributed by atoms with Crippen LogP contribution < -0.4 is 4.74 Å². The molecule has 3 saturated carbocycles. The Morgan fingerprint density at radius 1 is 1.14 bits per heavy atom. The van der Waals surface area contributed by atoms with Gasteiger partial charge in [0.05, 0.1) is 23.4 Å². The van der Waals surface area contributed by atoms with Crippen LogP contribution in [-0.2, 0) is 11.2 Å². The maximum absolute atomic E-state index is 12.7. The van der Waals surface area contributed by atoms with Gasteiger partial charge in [0.15, 0.2) is 0 Å². The smallest absolute Gasteiger partial charge is 0.343 e. The minimum atomic E-state index is -0.563. The summed E-state index contributed by atoms with van der Waals surface area (Å²) in [6.07, 6.45) is 9.44. The molecule has 3 unspecified atom stereocenters. The zero-order chi connectivity index (χ0) is 24.7. The fourth-order valence-corrected chi connectivity index (χ4v) is 9.33. The molecule has 0 aromatic heterocycles. The van der Waals surface area contributed by atoms with E-state index in [0.717, 1.165) is 38.5 Å². The molecule has 0 bridgehead atoms. The number of esters is 1. The second-order valence-electron chi connectivity index (χ2n) is 12.6. The first-order valence-electron chi connectivity index (χ1n) is 14.2. The van der Waals surface area contributed by atoms with Crippen molar-refractivity contribution in [3.05, 3.63) is 65.2 Å². The normalized spacial score (nSPS) is 41.8. The SMILES string of the molecule is CCC[C@@H]1Cc2cc(OC(=O)c3ccccc3)ccc2C2CC[C@@]3(C)C(C[C@H]4C[C@@H]5O[C@@H]5C[C@]43O)C21. The molecule has 2 aromatic carbocycles. The summed E-state index contributed by atoms with van der Waals surface area (Å²) in [6, 6.07) is 15.6. The molecule has 1 saturated heterocycles. The molecule has 190 valence electrons. The monoisotopic (exact) mass is 486 g/mol. The first-order chi connectivity index (χ1) is 17.4. The van der Waals surface area contributed by atoms with Gasteiger partial charge in [0.25, 0.3) is 0 Å². The van der Waals surface area contributed by atoms with E-state index in [4.69, 9.17) is 9.47 Å². The van der Waals surface area contributed by atoms with Gasteiger partial charge >= 0.3 is 5.97 Å². The van der Waals surface area contributed by atoms with Crippen LogP contribution >= 0.6 is 0 Å². The van der Waals surface area contributed by atoms with Gasteiger partial charge in [-0.1, -0.05) is 51.0 Å². The molecule has 0 radical (unpaired) electrons. The summed E-state index contributed by atoms with van der Waals surface area (Å²) in [5.74, 6) is 3.09. The molecular formula is C32H38O4. The lowest BCUT2D eigenvalue weighted by molar-refractivity contribution is -0.137. The highest BCUT2D eigenvalue weighted by Gasteiger charge is 2.70. The van der Waals surface area contributed by atoms with Crippen LogP contribution in [0.3, 0.4) is 0 Å². The van der Waals surface area contributed by atoms with E-state index in [1.54, 1.807) is 12.1 Å². The van der Waals surface area contributed by atoms with Crippen LogP contribution in [0.1, 0.15) is 86.2 Å². The molecule has 2 aromatic rings. The van der Waals surface area contributed by atoms with Crippen molar-refractivity contribution in [1.29, 1.82) is 0 Å². The van der Waals surface area contributed by atoms with Crippen LogP contribution in [0.25, 0.3) is 0 Å². The van der Waals surface area contributed by atoms with Crippen LogP contribution in [0, 0.1) is 29.1 Å². The summed E-state index contributed by atoms with van der Waals surface area (Å²) in [5, 5.41) is 12.2. The Morgan fingerprint density at radius 2 is 1.97 bits per heavy atom. The average Bonchev–Trinajstić information content (AvgIpc) is 3.58. The zero-order valence-electron chi connectivity index (χ0n) is 21.5. The van der Waals surface area contributed by atoms with Crippen molar-refractivity contribution in [2.45, 2.75) is 88.9 Å². The van der Waals surface area contributed by atoms with E-state index in [0.29, 0.717) is 53.1 Å². The highest BCUT2D eigenvalue weighted by molar-refractivity contribution is 5.91. The summed E-state index contributed by atoms with van der Waals surface area (Å²) in [5.41, 5.74) is 2.83. The first kappa shape index (κ1) is 23.0. The van der Waals surface area contributed by atoms with Crippen molar-refractivity contribution in [3.63, 3.8) is 0 Å². The number of ether oxygens (including phenoxy) is 2. The summed E-state index contributed by atoms with van der Waals surface area (Å²) in [7, 11) is 0. The maximum atomic E-state index is 12.7. The lowest BCUT2D eigenvalue weighted by atomic mass is 9.49. The Morgan fingerprint density at radius 3 is 2.78 bits per heavy atom. The Kier molecular flexibility index (Phi) is 5.21. The average molecular weight is 487 g/mol. The largest absolute Gasteiger partial charge is 0.423 e. The number of fused-ring (bicyclic) bond motifs is 8. The Balaban J connectivity index is 1.19. The zero-order valence-corrected chi connectivity index (χ0v) is 21.5. The van der Waals surface area contributed by atoms with Gasteiger partial charge < -0.3 is 14.6 Å². The predicted octanol–water partition coefficient (Wildman–Crippen LogP) is 6.31. The summed E-state index contributed by atoms with van der Waals surface area (Å²) < 4.78 is 11.7. The standard InChI is InChI=1S/C32H38O4/c1-3-7-20-14-21-15-23(35-30(33)19-8-5-4-6-9-19)10-11-24(21)25-12-13-31(2)26(29(20)25)16-22-17-27-28(36-27)18-32(22,31)34/h4-6,8-11,15,20,22,25-29,34H,3,7,12-14,16-18H2,1-2H3/t20-,22+,25?,26?,27+,28-,29?,31+,32+/m1/s1. The van der Waals surface area contributed by atoms with Gasteiger partial charge in [-0.3, -0.25) is 0 Å². The lowest BCUT2D eigenvalue weighted by Gasteiger charge is -2.56. The Bertz CT molecular complexity index is 1180. The number of carbonyl (C=O) groups excluding carboxylic acids is 1. The van der Waals surface area contributed by atoms with E-state index < -0.39 is 5.60 Å². The third-order valence-corrected chi connectivity index (χ3v) is 11.1. The van der Waals surface area contributed by atoms with Crippen molar-refractivity contribution in [2.24, 2.45) is 29.1 Å². The molecular weight excluding hydrogens is 448 g/mol. The number of hydrogen-bond acceptors (Lipinski definition) is 4. The molecule has 4 heteroatoms. The molecule has 7 rings (SSSR count). The van der Waals surface area contributed by atoms with Crippen LogP contribution in [0.2, 0.25) is 0 Å². The van der Waals surface area contributed by atoms with Gasteiger partial charge in [-0.25, -0.2) is 4.79 Å². The van der Waals surface area contributed by atoms with E-state index in [-0.39, 0.29) is 11.4 Å². The molecule has 4 nitrogen and oxygen atoms in total.